The molecule has 4 aromatic rings. The Labute approximate surface area is 159 Å². The van der Waals surface area contributed by atoms with Gasteiger partial charge in [-0.1, -0.05) is 18.3 Å². The van der Waals surface area contributed by atoms with Gasteiger partial charge in [-0.15, -0.1) is 0 Å². The summed E-state index contributed by atoms with van der Waals surface area (Å²) in [6, 6.07) is 9.76. The van der Waals surface area contributed by atoms with Crippen LogP contribution in [0.2, 0.25) is 0 Å². The van der Waals surface area contributed by atoms with Gasteiger partial charge < -0.3 is 19.6 Å². The first-order valence-corrected chi connectivity index (χ1v) is 9.25. The van der Waals surface area contributed by atoms with E-state index in [-0.39, 0.29) is 6.47 Å². The highest BCUT2D eigenvalue weighted by molar-refractivity contribution is 7.20. The molecule has 3 aromatic heterocycles. The molecule has 4 rings (SSSR count). The van der Waals surface area contributed by atoms with Crippen molar-refractivity contribution in [1.82, 2.24) is 15.3 Å². The van der Waals surface area contributed by atoms with Gasteiger partial charge in [0, 0.05) is 29.8 Å². The number of nitrogens with zero attached hydrogens (tertiary/aromatic N) is 2. The number of nitrogens with one attached hydrogen (secondary N) is 1. The van der Waals surface area contributed by atoms with E-state index in [9.17, 15) is 0 Å². The summed E-state index contributed by atoms with van der Waals surface area (Å²) < 4.78 is 12.5. The van der Waals surface area contributed by atoms with Crippen molar-refractivity contribution < 1.29 is 19.1 Å². The first kappa shape index (κ1) is 18.8. The van der Waals surface area contributed by atoms with E-state index >= 15 is 0 Å². The number of aromatic nitrogens is 2. The van der Waals surface area contributed by atoms with Gasteiger partial charge in [-0.2, -0.15) is 4.98 Å². The fourth-order valence-corrected chi connectivity index (χ4v) is 3.35. The summed E-state index contributed by atoms with van der Waals surface area (Å²) in [5.74, 6) is 0.712. The lowest BCUT2D eigenvalue weighted by atomic mass is 10.1. The number of rotatable bonds is 6. The summed E-state index contributed by atoms with van der Waals surface area (Å²) in [5, 5.41) is 12.0. The smallest absolute Gasteiger partial charge is 0.290 e. The molecule has 8 heteroatoms. The molecule has 1 aromatic carbocycles. The highest BCUT2D eigenvalue weighted by Gasteiger charge is 2.10. The van der Waals surface area contributed by atoms with Crippen LogP contribution in [-0.2, 0) is 11.3 Å². The molecule has 0 saturated heterocycles. The molecule has 27 heavy (non-hydrogen) atoms. The molecular weight excluding hydrogens is 366 g/mol. The van der Waals surface area contributed by atoms with E-state index in [1.54, 1.807) is 12.5 Å². The molecule has 0 spiro atoms. The molecule has 0 unspecified atom stereocenters. The van der Waals surface area contributed by atoms with Crippen molar-refractivity contribution in [2.24, 2.45) is 0 Å². The van der Waals surface area contributed by atoms with E-state index in [2.05, 4.69) is 22.2 Å². The summed E-state index contributed by atoms with van der Waals surface area (Å²) >= 11 is 1.48. The van der Waals surface area contributed by atoms with Gasteiger partial charge in [0.25, 0.3) is 11.7 Å². The summed E-state index contributed by atoms with van der Waals surface area (Å²) in [5.41, 5.74) is 2.69. The standard InChI is InChI=1S/C18H17N3O2S.CH2O2/c1-2-7-19-10-12-11-22-15-9-13(5-6-14(12)15)23-18-21-17-16(24-18)4-3-8-20-17;2-1-3/h3-6,8-9,11,19H,2,7,10H2,1H3;1H,(H,2,3). The lowest BCUT2D eigenvalue weighted by molar-refractivity contribution is -0.122. The maximum absolute atomic E-state index is 8.36. The van der Waals surface area contributed by atoms with Crippen molar-refractivity contribution >= 4 is 39.1 Å². The number of thiazole rings is 1. The molecule has 140 valence electrons. The SMILES string of the molecule is CCCNCc1coc2cc(Oc3nc4ncccc4s3)ccc12.O=CO. The van der Waals surface area contributed by atoms with Gasteiger partial charge in [-0.3, -0.25) is 4.79 Å². The van der Waals surface area contributed by atoms with Crippen LogP contribution in [0.5, 0.6) is 10.9 Å². The maximum Gasteiger partial charge on any atom is 0.290 e. The molecule has 0 saturated carbocycles. The predicted octanol–water partition coefficient (Wildman–Crippen LogP) is 4.43. The highest BCUT2D eigenvalue weighted by Crippen LogP contribution is 2.32. The summed E-state index contributed by atoms with van der Waals surface area (Å²) in [6.45, 7) is 3.71. The lowest BCUT2D eigenvalue weighted by Crippen LogP contribution is -2.13. The molecule has 0 fully saturated rings. The number of furan rings is 1. The zero-order valence-corrected chi connectivity index (χ0v) is 15.5. The van der Waals surface area contributed by atoms with Crippen LogP contribution in [0.25, 0.3) is 21.3 Å². The van der Waals surface area contributed by atoms with Crippen molar-refractivity contribution in [2.75, 3.05) is 6.54 Å². The van der Waals surface area contributed by atoms with Gasteiger partial charge in [0.2, 0.25) is 0 Å². The average Bonchev–Trinajstić information content (AvgIpc) is 3.26. The van der Waals surface area contributed by atoms with Crippen LogP contribution in [-0.4, -0.2) is 28.1 Å². The summed E-state index contributed by atoms with van der Waals surface area (Å²) in [4.78, 5) is 17.0. The fourth-order valence-electron chi connectivity index (χ4n) is 2.56. The number of ether oxygens (including phenoxy) is 1. The Morgan fingerprint density at radius 1 is 1.37 bits per heavy atom. The molecule has 0 bridgehead atoms. The van der Waals surface area contributed by atoms with E-state index in [0.29, 0.717) is 16.6 Å². The lowest BCUT2D eigenvalue weighted by Gasteiger charge is -2.02. The van der Waals surface area contributed by atoms with Gasteiger partial charge in [0.15, 0.2) is 5.65 Å². The van der Waals surface area contributed by atoms with Crippen molar-refractivity contribution in [3.05, 3.63) is 48.4 Å². The Morgan fingerprint density at radius 3 is 3.00 bits per heavy atom. The number of pyridine rings is 1. The molecule has 0 atom stereocenters. The van der Waals surface area contributed by atoms with Crippen LogP contribution >= 0.6 is 11.3 Å². The molecule has 0 aliphatic carbocycles. The van der Waals surface area contributed by atoms with Crippen molar-refractivity contribution in [1.29, 1.82) is 0 Å². The number of carbonyl (C=O) groups is 1. The van der Waals surface area contributed by atoms with E-state index in [1.165, 1.54) is 11.3 Å². The van der Waals surface area contributed by atoms with E-state index in [4.69, 9.17) is 19.1 Å². The molecule has 0 aliphatic heterocycles. The predicted molar refractivity (Wildman–Crippen MR) is 104 cm³/mol. The average molecular weight is 385 g/mol. The van der Waals surface area contributed by atoms with Gasteiger partial charge in [-0.05, 0) is 37.2 Å². The Morgan fingerprint density at radius 2 is 2.22 bits per heavy atom. The van der Waals surface area contributed by atoms with E-state index in [1.807, 2.05) is 30.3 Å². The second kappa shape index (κ2) is 9.11. The molecule has 0 amide bonds. The van der Waals surface area contributed by atoms with Crippen LogP contribution in [0.3, 0.4) is 0 Å². The number of benzene rings is 1. The zero-order chi connectivity index (χ0) is 19.1. The van der Waals surface area contributed by atoms with Crippen molar-refractivity contribution in [3.63, 3.8) is 0 Å². The topological polar surface area (TPSA) is 97.5 Å². The van der Waals surface area contributed by atoms with Crippen LogP contribution in [0, 0.1) is 0 Å². The van der Waals surface area contributed by atoms with Crippen LogP contribution in [0.1, 0.15) is 18.9 Å². The molecule has 0 aliphatic rings. The third-order valence-electron chi connectivity index (χ3n) is 3.72. The first-order chi connectivity index (χ1) is 13.2. The normalized spacial score (nSPS) is 10.6. The van der Waals surface area contributed by atoms with Crippen LogP contribution in [0.4, 0.5) is 0 Å². The van der Waals surface area contributed by atoms with Crippen molar-refractivity contribution in [2.45, 2.75) is 19.9 Å². The molecular formula is C19H19N3O4S. The van der Waals surface area contributed by atoms with E-state index in [0.717, 1.165) is 40.7 Å². The molecule has 3 heterocycles. The Hall–Kier alpha value is -2.97. The first-order valence-electron chi connectivity index (χ1n) is 8.43. The fraction of sp³-hybridized carbons (Fsp3) is 0.211. The van der Waals surface area contributed by atoms with Gasteiger partial charge in [0.05, 0.1) is 11.0 Å². The maximum atomic E-state index is 8.36. The van der Waals surface area contributed by atoms with Gasteiger partial charge in [0.1, 0.15) is 11.3 Å². The number of carboxylic acid groups (broad SMARTS) is 1. The Bertz CT molecular complexity index is 995. The summed E-state index contributed by atoms with van der Waals surface area (Å²) in [6.07, 6.45) is 4.65. The van der Waals surface area contributed by atoms with Crippen LogP contribution < -0.4 is 10.1 Å². The molecule has 2 N–H and O–H groups in total. The molecule has 7 nitrogen and oxygen atoms in total. The minimum atomic E-state index is -0.250. The Kier molecular flexibility index (Phi) is 6.35. The molecule has 0 radical (unpaired) electrons. The van der Waals surface area contributed by atoms with Crippen LogP contribution in [0.15, 0.2) is 47.2 Å². The third kappa shape index (κ3) is 4.60. The second-order valence-corrected chi connectivity index (χ2v) is 6.60. The third-order valence-corrected chi connectivity index (χ3v) is 4.61. The zero-order valence-electron chi connectivity index (χ0n) is 14.7. The van der Waals surface area contributed by atoms with Gasteiger partial charge >= 0.3 is 0 Å². The van der Waals surface area contributed by atoms with E-state index < -0.39 is 0 Å². The summed E-state index contributed by atoms with van der Waals surface area (Å²) in [7, 11) is 0. The quantitative estimate of drug-likeness (QED) is 0.374. The second-order valence-electron chi connectivity index (χ2n) is 5.61. The number of hydrogen-bond acceptors (Lipinski definition) is 7. The number of hydrogen-bond donors (Lipinski definition) is 2. The minimum Gasteiger partial charge on any atom is -0.483 e. The van der Waals surface area contributed by atoms with Gasteiger partial charge in [-0.25, -0.2) is 4.98 Å². The monoisotopic (exact) mass is 385 g/mol. The highest BCUT2D eigenvalue weighted by atomic mass is 32.1. The number of fused-ring (bicyclic) bond motifs is 2. The largest absolute Gasteiger partial charge is 0.483 e. The Balaban J connectivity index is 0.000000659. The van der Waals surface area contributed by atoms with Crippen molar-refractivity contribution in [3.8, 4) is 10.9 Å². The minimum absolute atomic E-state index is 0.250.